The second kappa shape index (κ2) is 8.96. The van der Waals surface area contributed by atoms with Crippen molar-refractivity contribution in [3.05, 3.63) is 52.6 Å². The number of fused-ring (bicyclic) bond motifs is 1. The van der Waals surface area contributed by atoms with Gasteiger partial charge in [0.1, 0.15) is 17.7 Å². The van der Waals surface area contributed by atoms with Crippen molar-refractivity contribution in [3.63, 3.8) is 0 Å². The van der Waals surface area contributed by atoms with Crippen molar-refractivity contribution in [2.24, 2.45) is 21.5 Å². The fraction of sp³-hybridized carbons (Fsp3) is 0.450. The molecule has 2 aromatic rings. The van der Waals surface area contributed by atoms with Crippen molar-refractivity contribution in [1.82, 2.24) is 14.5 Å². The quantitative estimate of drug-likeness (QED) is 0.419. The molecule has 4 N–H and O–H groups in total. The van der Waals surface area contributed by atoms with Crippen LogP contribution in [-0.2, 0) is 17.8 Å². The molecule has 1 aromatic carbocycles. The van der Waals surface area contributed by atoms with Gasteiger partial charge in [-0.15, -0.1) is 0 Å². The average molecular weight is 453 g/mol. The zero-order valence-electron chi connectivity index (χ0n) is 17.3. The molecule has 2 unspecified atom stereocenters. The molecule has 4 rings (SSSR count). The summed E-state index contributed by atoms with van der Waals surface area (Å²) < 4.78 is 62.0. The standard InChI is InChI=1S/C20H23F4N7O/c1-27-18(28-9-25)19-29-15-6-30(7-16(15)31(19)20(23)24)11-5-14(26)17(32-8-11)12-4-10(21)2-3-13(12)22/h2-4,9,11,14,17,20H,5-8,26H2,1H3,(H2,25,27,28)/t11?,14?,17-/m1/s1. The molecule has 8 nitrogen and oxygen atoms in total. The lowest BCUT2D eigenvalue weighted by Crippen LogP contribution is -2.48. The highest BCUT2D eigenvalue weighted by Crippen LogP contribution is 2.35. The Bertz CT molecular complexity index is 1050. The minimum absolute atomic E-state index is 0.0109. The van der Waals surface area contributed by atoms with E-state index in [-0.39, 0.29) is 36.4 Å². The maximum atomic E-state index is 14.1. The summed E-state index contributed by atoms with van der Waals surface area (Å²) in [7, 11) is 1.42. The number of halogens is 4. The van der Waals surface area contributed by atoms with E-state index in [9.17, 15) is 17.6 Å². The first-order valence-corrected chi connectivity index (χ1v) is 9.99. The molecule has 2 aliphatic rings. The Balaban J connectivity index is 1.51. The third-order valence-electron chi connectivity index (χ3n) is 5.78. The summed E-state index contributed by atoms with van der Waals surface area (Å²) in [6.07, 6.45) is 0.609. The van der Waals surface area contributed by atoms with Gasteiger partial charge < -0.3 is 16.2 Å². The van der Waals surface area contributed by atoms with Crippen LogP contribution in [0.4, 0.5) is 17.6 Å². The highest BCUT2D eigenvalue weighted by atomic mass is 19.3. The Morgan fingerprint density at radius 1 is 1.31 bits per heavy atom. The second-order valence-electron chi connectivity index (χ2n) is 7.68. The molecule has 0 saturated carbocycles. The number of aliphatic imine (C=N–C) groups is 2. The number of alkyl halides is 2. The molecule has 0 radical (unpaired) electrons. The van der Waals surface area contributed by atoms with Crippen LogP contribution in [0.15, 0.2) is 28.2 Å². The topological polar surface area (TPSA) is 107 Å². The number of hydrogen-bond donors (Lipinski definition) is 2. The van der Waals surface area contributed by atoms with Crippen LogP contribution in [0.2, 0.25) is 0 Å². The minimum atomic E-state index is -2.84. The number of ether oxygens (including phenoxy) is 1. The van der Waals surface area contributed by atoms with Gasteiger partial charge in [0.15, 0.2) is 11.7 Å². The van der Waals surface area contributed by atoms with Crippen LogP contribution in [0.5, 0.6) is 0 Å². The van der Waals surface area contributed by atoms with Crippen molar-refractivity contribution < 1.29 is 22.3 Å². The molecule has 0 aliphatic carbocycles. The number of nitrogens with two attached hydrogens (primary N) is 2. The monoisotopic (exact) mass is 453 g/mol. The van der Waals surface area contributed by atoms with Crippen LogP contribution >= 0.6 is 0 Å². The highest BCUT2D eigenvalue weighted by Gasteiger charge is 2.39. The first kappa shape index (κ1) is 22.4. The summed E-state index contributed by atoms with van der Waals surface area (Å²) in [5.41, 5.74) is 12.4. The smallest absolute Gasteiger partial charge is 0.320 e. The third-order valence-corrected chi connectivity index (χ3v) is 5.78. The zero-order chi connectivity index (χ0) is 23.0. The van der Waals surface area contributed by atoms with Gasteiger partial charge >= 0.3 is 6.55 Å². The molecule has 172 valence electrons. The third kappa shape index (κ3) is 4.00. The van der Waals surface area contributed by atoms with Crippen LogP contribution in [0, 0.1) is 11.6 Å². The van der Waals surface area contributed by atoms with Gasteiger partial charge in [-0.1, -0.05) is 0 Å². The Labute approximate surface area is 181 Å². The van der Waals surface area contributed by atoms with Crippen molar-refractivity contribution >= 4 is 12.2 Å². The van der Waals surface area contributed by atoms with Crippen molar-refractivity contribution in [1.29, 1.82) is 0 Å². The van der Waals surface area contributed by atoms with Crippen LogP contribution < -0.4 is 11.5 Å². The molecule has 0 amide bonds. The van der Waals surface area contributed by atoms with E-state index in [0.717, 1.165) is 29.1 Å². The fourth-order valence-corrected chi connectivity index (χ4v) is 4.31. The fourth-order valence-electron chi connectivity index (χ4n) is 4.31. The first-order chi connectivity index (χ1) is 15.3. The van der Waals surface area contributed by atoms with Crippen LogP contribution in [-0.4, -0.2) is 52.4 Å². The Morgan fingerprint density at radius 2 is 2.09 bits per heavy atom. The van der Waals surface area contributed by atoms with Gasteiger partial charge in [-0.05, 0) is 24.6 Å². The molecule has 1 saturated heterocycles. The number of amidine groups is 1. The molecule has 2 aliphatic heterocycles. The number of hydrogen-bond acceptors (Lipinski definition) is 5. The van der Waals surface area contributed by atoms with E-state index in [1.54, 1.807) is 0 Å². The Morgan fingerprint density at radius 3 is 2.75 bits per heavy atom. The van der Waals surface area contributed by atoms with Gasteiger partial charge in [0.05, 0.1) is 24.3 Å². The van der Waals surface area contributed by atoms with Gasteiger partial charge in [-0.2, -0.15) is 8.78 Å². The lowest BCUT2D eigenvalue weighted by Gasteiger charge is -2.38. The summed E-state index contributed by atoms with van der Waals surface area (Å²) in [6, 6.07) is 2.37. The Hall–Kier alpha value is -2.83. The Kier molecular flexibility index (Phi) is 6.26. The van der Waals surface area contributed by atoms with E-state index in [1.165, 1.54) is 7.05 Å². The second-order valence-corrected chi connectivity index (χ2v) is 7.68. The molecular formula is C20H23F4N7O. The number of benzene rings is 1. The van der Waals surface area contributed by atoms with E-state index >= 15 is 0 Å². The van der Waals surface area contributed by atoms with E-state index in [1.807, 2.05) is 4.90 Å². The number of imidazole rings is 1. The lowest BCUT2D eigenvalue weighted by molar-refractivity contribution is -0.0539. The largest absolute Gasteiger partial charge is 0.390 e. The summed E-state index contributed by atoms with van der Waals surface area (Å²) in [6.45, 7) is -2.13. The van der Waals surface area contributed by atoms with Crippen molar-refractivity contribution in [3.8, 4) is 0 Å². The van der Waals surface area contributed by atoms with Gasteiger partial charge in [0.2, 0.25) is 0 Å². The normalized spacial score (nSPS) is 24.6. The molecule has 12 heteroatoms. The number of aromatic nitrogens is 2. The van der Waals surface area contributed by atoms with Gasteiger partial charge in [-0.25, -0.2) is 18.8 Å². The molecule has 3 heterocycles. The number of nitrogens with zero attached hydrogens (tertiary/aromatic N) is 5. The van der Waals surface area contributed by atoms with E-state index in [2.05, 4.69) is 15.0 Å². The molecule has 0 spiro atoms. The van der Waals surface area contributed by atoms with Crippen LogP contribution in [0.25, 0.3) is 0 Å². The summed E-state index contributed by atoms with van der Waals surface area (Å²) >= 11 is 0. The summed E-state index contributed by atoms with van der Waals surface area (Å²) in [4.78, 5) is 14.0. The molecular weight excluding hydrogens is 430 g/mol. The van der Waals surface area contributed by atoms with Crippen molar-refractivity contribution in [2.75, 3.05) is 13.7 Å². The molecule has 32 heavy (non-hydrogen) atoms. The van der Waals surface area contributed by atoms with Crippen LogP contribution in [0.3, 0.4) is 0 Å². The first-order valence-electron chi connectivity index (χ1n) is 9.99. The molecule has 0 bridgehead atoms. The molecule has 1 fully saturated rings. The maximum absolute atomic E-state index is 14.1. The minimum Gasteiger partial charge on any atom is -0.390 e. The summed E-state index contributed by atoms with van der Waals surface area (Å²) in [5.74, 6) is -1.20. The van der Waals surface area contributed by atoms with E-state index in [0.29, 0.717) is 24.4 Å². The SMILES string of the molecule is CN=C(N=CN)c1nc2c(n1C(F)F)CN(C1CO[C@H](c3cc(F)ccc3F)C(N)C1)C2. The average Bonchev–Trinajstić information content (AvgIpc) is 3.31. The van der Waals surface area contributed by atoms with Gasteiger partial charge in [0, 0.05) is 37.8 Å². The summed E-state index contributed by atoms with van der Waals surface area (Å²) in [5, 5.41) is 0. The van der Waals surface area contributed by atoms with E-state index < -0.39 is 30.3 Å². The number of rotatable bonds is 4. The predicted molar refractivity (Wildman–Crippen MR) is 109 cm³/mol. The van der Waals surface area contributed by atoms with Crippen molar-refractivity contribution in [2.45, 2.75) is 44.2 Å². The van der Waals surface area contributed by atoms with Gasteiger partial charge in [-0.3, -0.25) is 14.5 Å². The van der Waals surface area contributed by atoms with E-state index in [4.69, 9.17) is 16.2 Å². The lowest BCUT2D eigenvalue weighted by atomic mass is 9.93. The maximum Gasteiger partial charge on any atom is 0.320 e. The molecule has 1 aromatic heterocycles. The molecule has 3 atom stereocenters. The van der Waals surface area contributed by atoms with Gasteiger partial charge in [0.25, 0.3) is 0 Å². The van der Waals surface area contributed by atoms with Crippen LogP contribution in [0.1, 0.15) is 41.8 Å². The highest BCUT2D eigenvalue weighted by molar-refractivity contribution is 6.00. The predicted octanol–water partition coefficient (Wildman–Crippen LogP) is 2.09. The zero-order valence-corrected chi connectivity index (χ0v) is 17.3.